The molecule has 0 aliphatic heterocycles. The van der Waals surface area contributed by atoms with Crippen molar-refractivity contribution in [2.45, 2.75) is 26.5 Å². The van der Waals surface area contributed by atoms with Gasteiger partial charge in [0.1, 0.15) is 5.75 Å². The van der Waals surface area contributed by atoms with Crippen molar-refractivity contribution in [2.75, 3.05) is 5.32 Å². The minimum atomic E-state index is -2.54. The van der Waals surface area contributed by atoms with Gasteiger partial charge in [0.25, 0.3) is 0 Å². The first kappa shape index (κ1) is 10.8. The van der Waals surface area contributed by atoms with Gasteiger partial charge in [0.2, 0.25) is 0 Å². The van der Waals surface area contributed by atoms with Gasteiger partial charge in [-0.1, -0.05) is 0 Å². The van der Waals surface area contributed by atoms with Gasteiger partial charge in [-0.05, 0) is 38.1 Å². The number of alkyl halides is 2. The van der Waals surface area contributed by atoms with Crippen LogP contribution in [0.4, 0.5) is 14.5 Å². The van der Waals surface area contributed by atoms with Gasteiger partial charge in [-0.25, -0.2) is 0 Å². The van der Waals surface area contributed by atoms with Crippen molar-refractivity contribution in [1.82, 2.24) is 0 Å². The van der Waals surface area contributed by atoms with E-state index in [4.69, 9.17) is 4.74 Å². The van der Waals surface area contributed by atoms with E-state index >= 15 is 0 Å². The van der Waals surface area contributed by atoms with Crippen LogP contribution in [0.15, 0.2) is 24.3 Å². The highest BCUT2D eigenvalue weighted by Crippen LogP contribution is 2.17. The third-order valence-corrected chi connectivity index (χ3v) is 1.50. The number of rotatable bonds is 4. The quantitative estimate of drug-likeness (QED) is 0.756. The molecule has 4 heteroatoms. The molecule has 0 bridgehead atoms. The number of hydrogen-bond donors (Lipinski definition) is 1. The first-order valence-corrected chi connectivity index (χ1v) is 4.39. The lowest BCUT2D eigenvalue weighted by molar-refractivity contribution is 0.181. The third-order valence-electron chi connectivity index (χ3n) is 1.50. The Hall–Kier alpha value is -1.32. The number of nitrogens with one attached hydrogen (secondary N) is 1. The lowest BCUT2D eigenvalue weighted by Crippen LogP contribution is -2.07. The summed E-state index contributed by atoms with van der Waals surface area (Å²) >= 11 is 0. The second kappa shape index (κ2) is 4.79. The number of hydrogen-bond acceptors (Lipinski definition) is 2. The topological polar surface area (TPSA) is 21.3 Å². The van der Waals surface area contributed by atoms with Crippen LogP contribution < -0.4 is 10.1 Å². The van der Waals surface area contributed by atoms with Gasteiger partial charge in [-0.2, -0.15) is 8.78 Å². The molecule has 0 radical (unpaired) electrons. The molecular weight excluding hydrogens is 188 g/mol. The zero-order chi connectivity index (χ0) is 10.6. The molecule has 0 saturated carbocycles. The molecule has 0 amide bonds. The molecule has 0 aliphatic rings. The Morgan fingerprint density at radius 2 is 1.71 bits per heavy atom. The Labute approximate surface area is 81.9 Å². The van der Waals surface area contributed by atoms with Crippen molar-refractivity contribution in [3.05, 3.63) is 24.3 Å². The van der Waals surface area contributed by atoms with Crippen LogP contribution in [0.1, 0.15) is 13.8 Å². The van der Waals surface area contributed by atoms with Gasteiger partial charge in [-0.15, -0.1) is 0 Å². The fourth-order valence-corrected chi connectivity index (χ4v) is 1.03. The van der Waals surface area contributed by atoms with E-state index < -0.39 is 6.55 Å². The van der Waals surface area contributed by atoms with Gasteiger partial charge in [0.05, 0.1) is 6.10 Å². The molecule has 0 spiro atoms. The minimum Gasteiger partial charge on any atom is -0.491 e. The van der Waals surface area contributed by atoms with E-state index in [-0.39, 0.29) is 6.10 Å². The zero-order valence-corrected chi connectivity index (χ0v) is 8.13. The molecule has 14 heavy (non-hydrogen) atoms. The number of anilines is 1. The average molecular weight is 201 g/mol. The summed E-state index contributed by atoms with van der Waals surface area (Å²) in [6, 6.07) is 6.43. The standard InChI is InChI=1S/C10H13F2NO/c1-7(2)14-9-5-3-8(4-6-9)13-10(11)12/h3-7,10,13H,1-2H3. The number of ether oxygens (including phenoxy) is 1. The molecular formula is C10H13F2NO. The molecule has 0 saturated heterocycles. The predicted octanol–water partition coefficient (Wildman–Crippen LogP) is 3.11. The van der Waals surface area contributed by atoms with Gasteiger partial charge in [0, 0.05) is 5.69 Å². The summed E-state index contributed by atoms with van der Waals surface area (Å²) < 4.78 is 29.1. The van der Waals surface area contributed by atoms with E-state index in [0.29, 0.717) is 11.4 Å². The van der Waals surface area contributed by atoms with Crippen LogP contribution in [0.3, 0.4) is 0 Å². The molecule has 0 atom stereocenters. The van der Waals surface area contributed by atoms with Crippen LogP contribution in [0.5, 0.6) is 5.75 Å². The average Bonchev–Trinajstić information content (AvgIpc) is 2.06. The smallest absolute Gasteiger partial charge is 0.312 e. The molecule has 0 fully saturated rings. The van der Waals surface area contributed by atoms with E-state index in [9.17, 15) is 8.78 Å². The van der Waals surface area contributed by atoms with E-state index in [1.165, 1.54) is 0 Å². The molecule has 0 heterocycles. The summed E-state index contributed by atoms with van der Waals surface area (Å²) in [7, 11) is 0. The molecule has 0 aromatic heterocycles. The Kier molecular flexibility index (Phi) is 3.68. The number of benzene rings is 1. The molecule has 1 aromatic rings. The molecule has 1 rings (SSSR count). The molecule has 0 aliphatic carbocycles. The van der Waals surface area contributed by atoms with Crippen molar-refractivity contribution < 1.29 is 13.5 Å². The second-order valence-corrected chi connectivity index (χ2v) is 3.14. The third kappa shape index (κ3) is 3.60. The lowest BCUT2D eigenvalue weighted by Gasteiger charge is -2.10. The van der Waals surface area contributed by atoms with Crippen LogP contribution in [0, 0.1) is 0 Å². The van der Waals surface area contributed by atoms with Gasteiger partial charge in [0.15, 0.2) is 0 Å². The summed E-state index contributed by atoms with van der Waals surface area (Å²) in [5.74, 6) is 0.680. The van der Waals surface area contributed by atoms with Crippen LogP contribution >= 0.6 is 0 Å². The monoisotopic (exact) mass is 201 g/mol. The van der Waals surface area contributed by atoms with Crippen LogP contribution in [0.25, 0.3) is 0 Å². The summed E-state index contributed by atoms with van der Waals surface area (Å²) in [5.41, 5.74) is 0.385. The fraction of sp³-hybridized carbons (Fsp3) is 0.400. The number of halogens is 2. The van der Waals surface area contributed by atoms with Crippen LogP contribution in [-0.4, -0.2) is 12.7 Å². The highest BCUT2D eigenvalue weighted by molar-refractivity contribution is 5.46. The maximum absolute atomic E-state index is 11.9. The predicted molar refractivity (Wildman–Crippen MR) is 51.8 cm³/mol. The van der Waals surface area contributed by atoms with Crippen molar-refractivity contribution >= 4 is 5.69 Å². The van der Waals surface area contributed by atoms with E-state index in [1.54, 1.807) is 24.3 Å². The first-order valence-electron chi connectivity index (χ1n) is 4.39. The van der Waals surface area contributed by atoms with Gasteiger partial charge in [-0.3, -0.25) is 0 Å². The summed E-state index contributed by atoms with van der Waals surface area (Å²) in [5, 5.41) is 2.00. The highest BCUT2D eigenvalue weighted by Gasteiger charge is 2.02. The van der Waals surface area contributed by atoms with Gasteiger partial charge >= 0.3 is 6.55 Å². The summed E-state index contributed by atoms with van der Waals surface area (Å²) in [6.45, 7) is 1.28. The van der Waals surface area contributed by atoms with Crippen LogP contribution in [0.2, 0.25) is 0 Å². The Morgan fingerprint density at radius 3 is 2.14 bits per heavy atom. The van der Waals surface area contributed by atoms with Crippen molar-refractivity contribution in [3.63, 3.8) is 0 Å². The maximum Gasteiger partial charge on any atom is 0.312 e. The SMILES string of the molecule is CC(C)Oc1ccc(NC(F)F)cc1. The molecule has 0 unspecified atom stereocenters. The molecule has 2 nitrogen and oxygen atoms in total. The van der Waals surface area contributed by atoms with Crippen LogP contribution in [-0.2, 0) is 0 Å². The Morgan fingerprint density at radius 1 is 1.14 bits per heavy atom. The highest BCUT2D eigenvalue weighted by atomic mass is 19.3. The zero-order valence-electron chi connectivity index (χ0n) is 8.13. The Balaban J connectivity index is 2.59. The van der Waals surface area contributed by atoms with Gasteiger partial charge < -0.3 is 10.1 Å². The normalized spacial score (nSPS) is 10.7. The molecule has 78 valence electrons. The summed E-state index contributed by atoms with van der Waals surface area (Å²) in [4.78, 5) is 0. The lowest BCUT2D eigenvalue weighted by atomic mass is 10.3. The van der Waals surface area contributed by atoms with Crippen molar-refractivity contribution in [3.8, 4) is 5.75 Å². The minimum absolute atomic E-state index is 0.0870. The van der Waals surface area contributed by atoms with Crippen molar-refractivity contribution in [2.24, 2.45) is 0 Å². The summed E-state index contributed by atoms with van der Waals surface area (Å²) in [6.07, 6.45) is 0.0870. The van der Waals surface area contributed by atoms with E-state index in [1.807, 2.05) is 19.2 Å². The molecule has 1 N–H and O–H groups in total. The van der Waals surface area contributed by atoms with E-state index in [2.05, 4.69) is 0 Å². The molecule has 1 aromatic carbocycles. The fourth-order valence-electron chi connectivity index (χ4n) is 1.03. The van der Waals surface area contributed by atoms with Crippen molar-refractivity contribution in [1.29, 1.82) is 0 Å². The van der Waals surface area contributed by atoms with E-state index in [0.717, 1.165) is 0 Å². The second-order valence-electron chi connectivity index (χ2n) is 3.14. The maximum atomic E-state index is 11.9. The first-order chi connectivity index (χ1) is 6.58. The largest absolute Gasteiger partial charge is 0.491 e. The Bertz CT molecular complexity index is 243.